The lowest BCUT2D eigenvalue weighted by Gasteiger charge is -2.11. The summed E-state index contributed by atoms with van der Waals surface area (Å²) in [5.74, 6) is 0.352. The average Bonchev–Trinajstić information content (AvgIpc) is 2.76. The number of nitrogens with zero attached hydrogens (tertiary/aromatic N) is 5. The van der Waals surface area contributed by atoms with Crippen molar-refractivity contribution in [3.05, 3.63) is 84.3 Å². The third kappa shape index (κ3) is 4.35. The molecule has 0 aromatic carbocycles. The summed E-state index contributed by atoms with van der Waals surface area (Å²) < 4.78 is 0. The molecule has 1 amide bonds. The summed E-state index contributed by atoms with van der Waals surface area (Å²) in [6.45, 7) is 3.92. The van der Waals surface area contributed by atoms with Crippen LogP contribution in [-0.2, 0) is 11.2 Å². The van der Waals surface area contributed by atoms with Crippen molar-refractivity contribution in [3.63, 3.8) is 0 Å². The second-order valence-electron chi connectivity index (χ2n) is 6.88. The third-order valence-electron chi connectivity index (χ3n) is 4.73. The van der Waals surface area contributed by atoms with Gasteiger partial charge in [-0.1, -0.05) is 0 Å². The van der Waals surface area contributed by atoms with Crippen molar-refractivity contribution in [2.24, 2.45) is 0 Å². The maximum absolute atomic E-state index is 12.6. The molecular formula is C23H20N6O. The first-order valence-corrected chi connectivity index (χ1v) is 9.50. The molecule has 30 heavy (non-hydrogen) atoms. The third-order valence-corrected chi connectivity index (χ3v) is 4.73. The molecule has 0 saturated carbocycles. The van der Waals surface area contributed by atoms with Crippen LogP contribution in [0.5, 0.6) is 0 Å². The predicted octanol–water partition coefficient (Wildman–Crippen LogP) is 3.79. The maximum Gasteiger partial charge on any atom is 0.229 e. The molecule has 0 aliphatic rings. The zero-order chi connectivity index (χ0) is 20.9. The van der Waals surface area contributed by atoms with Crippen molar-refractivity contribution in [2.45, 2.75) is 20.3 Å². The summed E-state index contributed by atoms with van der Waals surface area (Å²) in [4.78, 5) is 33.9. The second kappa shape index (κ2) is 8.57. The molecule has 0 bridgehead atoms. The summed E-state index contributed by atoms with van der Waals surface area (Å²) in [5.41, 5.74) is 6.23. The van der Waals surface area contributed by atoms with Crippen LogP contribution in [0.4, 0.5) is 5.82 Å². The number of pyridine rings is 3. The van der Waals surface area contributed by atoms with Gasteiger partial charge < -0.3 is 5.32 Å². The van der Waals surface area contributed by atoms with Crippen LogP contribution in [-0.4, -0.2) is 30.8 Å². The lowest BCUT2D eigenvalue weighted by atomic mass is 10.0. The molecule has 1 N–H and O–H groups in total. The molecule has 0 fully saturated rings. The SMILES string of the molecule is Cc1cc(-c2nccc(CC(=O)Nc3ccc(-c4cnccn4)cn3)c2C)ccn1. The minimum absolute atomic E-state index is 0.138. The summed E-state index contributed by atoms with van der Waals surface area (Å²) >= 11 is 0. The highest BCUT2D eigenvalue weighted by Crippen LogP contribution is 2.24. The van der Waals surface area contributed by atoms with Crippen LogP contribution in [0, 0.1) is 13.8 Å². The molecule has 0 saturated heterocycles. The zero-order valence-electron chi connectivity index (χ0n) is 16.7. The number of hydrogen-bond donors (Lipinski definition) is 1. The fourth-order valence-electron chi connectivity index (χ4n) is 3.18. The molecule has 0 aliphatic carbocycles. The fourth-order valence-corrected chi connectivity index (χ4v) is 3.18. The van der Waals surface area contributed by atoms with E-state index in [2.05, 4.69) is 30.2 Å². The quantitative estimate of drug-likeness (QED) is 0.552. The Hall–Kier alpha value is -4.00. The number of hydrogen-bond acceptors (Lipinski definition) is 6. The molecule has 0 unspecified atom stereocenters. The molecule has 4 rings (SSSR count). The summed E-state index contributed by atoms with van der Waals surface area (Å²) in [7, 11) is 0. The van der Waals surface area contributed by atoms with Gasteiger partial charge in [-0.3, -0.25) is 24.7 Å². The van der Waals surface area contributed by atoms with Gasteiger partial charge in [0.2, 0.25) is 5.91 Å². The minimum atomic E-state index is -0.138. The van der Waals surface area contributed by atoms with Crippen LogP contribution in [0.15, 0.2) is 67.5 Å². The van der Waals surface area contributed by atoms with E-state index in [-0.39, 0.29) is 12.3 Å². The van der Waals surface area contributed by atoms with Gasteiger partial charge in [-0.25, -0.2) is 4.98 Å². The normalized spacial score (nSPS) is 10.6. The fraction of sp³-hybridized carbons (Fsp3) is 0.130. The molecule has 0 aliphatic heterocycles. The van der Waals surface area contributed by atoms with E-state index in [9.17, 15) is 4.79 Å². The van der Waals surface area contributed by atoms with E-state index in [1.807, 2.05) is 38.1 Å². The number of rotatable bonds is 5. The van der Waals surface area contributed by atoms with Crippen LogP contribution >= 0.6 is 0 Å². The number of anilines is 1. The molecule has 4 heterocycles. The standard InChI is InChI=1S/C23H20N6O/c1-15-11-18(6-7-25-15)23-16(2)17(5-8-27-23)12-22(30)29-21-4-3-19(13-28-21)20-14-24-9-10-26-20/h3-11,13-14H,12H2,1-2H3,(H,28,29,30). The Labute approximate surface area is 174 Å². The summed E-state index contributed by atoms with van der Waals surface area (Å²) in [6.07, 6.45) is 10.3. The highest BCUT2D eigenvalue weighted by molar-refractivity contribution is 5.92. The zero-order valence-corrected chi connectivity index (χ0v) is 16.7. The molecular weight excluding hydrogens is 376 g/mol. The van der Waals surface area contributed by atoms with Crippen molar-refractivity contribution in [3.8, 4) is 22.5 Å². The van der Waals surface area contributed by atoms with E-state index in [4.69, 9.17) is 0 Å². The Bertz CT molecular complexity index is 1180. The van der Waals surface area contributed by atoms with E-state index in [0.29, 0.717) is 5.82 Å². The Morgan fingerprint density at radius 2 is 1.73 bits per heavy atom. The highest BCUT2D eigenvalue weighted by Gasteiger charge is 2.12. The molecule has 7 nitrogen and oxygen atoms in total. The lowest BCUT2D eigenvalue weighted by Crippen LogP contribution is -2.16. The summed E-state index contributed by atoms with van der Waals surface area (Å²) in [6, 6.07) is 9.40. The number of aryl methyl sites for hydroxylation is 1. The second-order valence-corrected chi connectivity index (χ2v) is 6.88. The molecule has 0 radical (unpaired) electrons. The van der Waals surface area contributed by atoms with Crippen molar-refractivity contribution in [1.82, 2.24) is 24.9 Å². The lowest BCUT2D eigenvalue weighted by molar-refractivity contribution is -0.115. The minimum Gasteiger partial charge on any atom is -0.310 e. The highest BCUT2D eigenvalue weighted by atomic mass is 16.1. The van der Waals surface area contributed by atoms with Gasteiger partial charge in [-0.05, 0) is 55.3 Å². The Balaban J connectivity index is 1.47. The van der Waals surface area contributed by atoms with Gasteiger partial charge in [0.15, 0.2) is 0 Å². The molecule has 4 aromatic rings. The van der Waals surface area contributed by atoms with Crippen LogP contribution < -0.4 is 5.32 Å². The predicted molar refractivity (Wildman–Crippen MR) is 115 cm³/mol. The number of aromatic nitrogens is 5. The van der Waals surface area contributed by atoms with Crippen molar-refractivity contribution in [1.29, 1.82) is 0 Å². The van der Waals surface area contributed by atoms with E-state index >= 15 is 0 Å². The van der Waals surface area contributed by atoms with Gasteiger partial charge in [-0.15, -0.1) is 0 Å². The van der Waals surface area contributed by atoms with Gasteiger partial charge in [-0.2, -0.15) is 0 Å². The topological polar surface area (TPSA) is 93.6 Å². The van der Waals surface area contributed by atoms with E-state index < -0.39 is 0 Å². The van der Waals surface area contributed by atoms with Gasteiger partial charge in [0.1, 0.15) is 5.82 Å². The van der Waals surface area contributed by atoms with Crippen molar-refractivity contribution in [2.75, 3.05) is 5.32 Å². The first kappa shape index (κ1) is 19.3. The Morgan fingerprint density at radius 1 is 0.867 bits per heavy atom. The van der Waals surface area contributed by atoms with E-state index in [0.717, 1.165) is 39.3 Å². The number of amides is 1. The molecule has 4 aromatic heterocycles. The average molecular weight is 396 g/mol. The van der Waals surface area contributed by atoms with Gasteiger partial charge in [0, 0.05) is 47.8 Å². The first-order chi connectivity index (χ1) is 14.6. The summed E-state index contributed by atoms with van der Waals surface area (Å²) in [5, 5.41) is 2.85. The molecule has 148 valence electrons. The number of carbonyl (C=O) groups excluding carboxylic acids is 1. The Kier molecular flexibility index (Phi) is 5.52. The number of nitrogens with one attached hydrogen (secondary N) is 1. The molecule has 0 atom stereocenters. The Morgan fingerprint density at radius 3 is 2.47 bits per heavy atom. The number of carbonyl (C=O) groups is 1. The maximum atomic E-state index is 12.6. The van der Waals surface area contributed by atoms with Gasteiger partial charge in [0.05, 0.1) is 24.0 Å². The molecule has 7 heteroatoms. The molecule has 0 spiro atoms. The van der Waals surface area contributed by atoms with Gasteiger partial charge >= 0.3 is 0 Å². The van der Waals surface area contributed by atoms with Crippen LogP contribution in [0.2, 0.25) is 0 Å². The van der Waals surface area contributed by atoms with Gasteiger partial charge in [0.25, 0.3) is 0 Å². The van der Waals surface area contributed by atoms with Crippen molar-refractivity contribution >= 4 is 11.7 Å². The van der Waals surface area contributed by atoms with Crippen LogP contribution in [0.1, 0.15) is 16.8 Å². The smallest absolute Gasteiger partial charge is 0.229 e. The van der Waals surface area contributed by atoms with E-state index in [1.165, 1.54) is 0 Å². The van der Waals surface area contributed by atoms with Crippen LogP contribution in [0.3, 0.4) is 0 Å². The monoisotopic (exact) mass is 396 g/mol. The first-order valence-electron chi connectivity index (χ1n) is 9.50. The van der Waals surface area contributed by atoms with E-state index in [1.54, 1.807) is 43.2 Å². The largest absolute Gasteiger partial charge is 0.310 e. The van der Waals surface area contributed by atoms with Crippen LogP contribution in [0.25, 0.3) is 22.5 Å². The van der Waals surface area contributed by atoms with Crippen molar-refractivity contribution < 1.29 is 4.79 Å².